The van der Waals surface area contributed by atoms with Gasteiger partial charge in [-0.25, -0.2) is 14.0 Å². The fourth-order valence-electron chi connectivity index (χ4n) is 5.77. The average molecular weight is 601 g/mol. The smallest absolute Gasteiger partial charge is 0.338 e. The molecule has 0 bridgehead atoms. The van der Waals surface area contributed by atoms with E-state index in [-0.39, 0.29) is 24.6 Å². The number of para-hydroxylation sites is 1. The van der Waals surface area contributed by atoms with E-state index in [4.69, 9.17) is 9.47 Å². The Morgan fingerprint density at radius 3 is 2.41 bits per heavy atom. The summed E-state index contributed by atoms with van der Waals surface area (Å²) in [5, 5.41) is 3.01. The summed E-state index contributed by atoms with van der Waals surface area (Å²) in [6.45, 7) is 7.80. The Morgan fingerprint density at radius 1 is 0.955 bits per heavy atom. The van der Waals surface area contributed by atoms with Gasteiger partial charge in [0.05, 0.1) is 18.2 Å². The van der Waals surface area contributed by atoms with E-state index in [9.17, 15) is 18.8 Å². The van der Waals surface area contributed by atoms with Gasteiger partial charge in [-0.05, 0) is 68.8 Å². The fourth-order valence-corrected chi connectivity index (χ4v) is 5.77. The van der Waals surface area contributed by atoms with Crippen molar-refractivity contribution in [3.05, 3.63) is 107 Å². The number of piperazine rings is 1. The van der Waals surface area contributed by atoms with Crippen molar-refractivity contribution in [3.8, 4) is 11.5 Å². The molecule has 5 rings (SSSR count). The first kappa shape index (κ1) is 30.7. The van der Waals surface area contributed by atoms with Crippen molar-refractivity contribution in [2.75, 3.05) is 39.3 Å². The average Bonchev–Trinajstić information content (AvgIpc) is 3.01. The Labute approximate surface area is 256 Å². The molecule has 9 nitrogen and oxygen atoms in total. The van der Waals surface area contributed by atoms with Crippen LogP contribution in [0, 0.1) is 5.82 Å². The lowest BCUT2D eigenvalue weighted by Gasteiger charge is -2.43. The summed E-state index contributed by atoms with van der Waals surface area (Å²) >= 11 is 0. The molecule has 2 atom stereocenters. The lowest BCUT2D eigenvalue weighted by Crippen LogP contribution is -2.56. The number of likely N-dealkylation sites (N-methyl/N-ethyl adjacent to an activating group) is 1. The van der Waals surface area contributed by atoms with Gasteiger partial charge in [-0.1, -0.05) is 36.4 Å². The Bertz CT molecular complexity index is 1550. The van der Waals surface area contributed by atoms with Crippen LogP contribution in [0.25, 0.3) is 0 Å². The van der Waals surface area contributed by atoms with Gasteiger partial charge < -0.3 is 19.7 Å². The third-order valence-electron chi connectivity index (χ3n) is 7.84. The van der Waals surface area contributed by atoms with E-state index in [1.165, 1.54) is 18.2 Å². The van der Waals surface area contributed by atoms with Crippen molar-refractivity contribution in [2.45, 2.75) is 32.9 Å². The SMILES string of the molecule is CCOC(=O)C1=C(CN2CCN(C(=O)c3cccc(F)c3)[C@H](C)C2)N(CC)C(=O)N[C@@H]1c1cccc(Oc2ccccc2)c1. The highest BCUT2D eigenvalue weighted by Gasteiger charge is 2.39. The molecule has 3 amide bonds. The monoisotopic (exact) mass is 600 g/mol. The molecular formula is C34H37FN4O5. The van der Waals surface area contributed by atoms with Crippen LogP contribution in [0.2, 0.25) is 0 Å². The Hall–Kier alpha value is -4.70. The highest BCUT2D eigenvalue weighted by Crippen LogP contribution is 2.34. The van der Waals surface area contributed by atoms with Crippen LogP contribution in [-0.2, 0) is 9.53 Å². The molecule has 10 heteroatoms. The van der Waals surface area contributed by atoms with Crippen molar-refractivity contribution in [3.63, 3.8) is 0 Å². The number of rotatable bonds is 9. The summed E-state index contributed by atoms with van der Waals surface area (Å²) in [5.41, 5.74) is 1.91. The van der Waals surface area contributed by atoms with Crippen LogP contribution in [0.4, 0.5) is 9.18 Å². The lowest BCUT2D eigenvalue weighted by atomic mass is 9.93. The number of hydrogen-bond acceptors (Lipinski definition) is 6. The molecule has 2 aliphatic rings. The van der Waals surface area contributed by atoms with Gasteiger partial charge in [0.2, 0.25) is 0 Å². The summed E-state index contributed by atoms with van der Waals surface area (Å²) in [7, 11) is 0. The molecule has 44 heavy (non-hydrogen) atoms. The Balaban J connectivity index is 1.43. The second-order valence-corrected chi connectivity index (χ2v) is 10.8. The number of halogens is 1. The first-order valence-corrected chi connectivity index (χ1v) is 14.9. The molecule has 1 N–H and O–H groups in total. The number of carbonyl (C=O) groups is 3. The molecule has 0 saturated carbocycles. The van der Waals surface area contributed by atoms with Gasteiger partial charge in [-0.15, -0.1) is 0 Å². The van der Waals surface area contributed by atoms with Gasteiger partial charge in [0.25, 0.3) is 5.91 Å². The lowest BCUT2D eigenvalue weighted by molar-refractivity contribution is -0.139. The van der Waals surface area contributed by atoms with Crippen LogP contribution in [0.1, 0.15) is 42.7 Å². The van der Waals surface area contributed by atoms with Crippen LogP contribution >= 0.6 is 0 Å². The Kier molecular flexibility index (Phi) is 9.59. The topological polar surface area (TPSA) is 91.4 Å². The van der Waals surface area contributed by atoms with Crippen molar-refractivity contribution in [1.82, 2.24) is 20.0 Å². The third-order valence-corrected chi connectivity index (χ3v) is 7.84. The number of benzene rings is 3. The molecule has 0 spiro atoms. The van der Waals surface area contributed by atoms with E-state index in [0.29, 0.717) is 66.6 Å². The largest absolute Gasteiger partial charge is 0.463 e. The minimum absolute atomic E-state index is 0.178. The predicted molar refractivity (Wildman–Crippen MR) is 164 cm³/mol. The van der Waals surface area contributed by atoms with E-state index in [0.717, 1.165) is 0 Å². The quantitative estimate of drug-likeness (QED) is 0.332. The maximum atomic E-state index is 13.8. The summed E-state index contributed by atoms with van der Waals surface area (Å²) in [6, 6.07) is 21.1. The standard InChI is InChI=1S/C34H37FN4O5/c1-4-38-29(22-37-17-18-39(23(3)21-37)32(40)25-12-9-13-26(35)19-25)30(33(41)43-5-2)31(36-34(38)42)24-11-10-16-28(20-24)44-27-14-7-6-8-15-27/h6-16,19-20,23,31H,4-5,17-18,21-22H2,1-3H3,(H,36,42)/t23-,31-/m1/s1. The number of nitrogens with zero attached hydrogens (tertiary/aromatic N) is 3. The van der Waals surface area contributed by atoms with E-state index < -0.39 is 17.8 Å². The van der Waals surface area contributed by atoms with E-state index in [1.807, 2.05) is 68.4 Å². The van der Waals surface area contributed by atoms with E-state index in [2.05, 4.69) is 10.2 Å². The van der Waals surface area contributed by atoms with Gasteiger partial charge in [-0.3, -0.25) is 14.6 Å². The first-order chi connectivity index (χ1) is 21.3. The summed E-state index contributed by atoms with van der Waals surface area (Å²) in [4.78, 5) is 45.6. The number of urea groups is 1. The second kappa shape index (κ2) is 13.7. The minimum Gasteiger partial charge on any atom is -0.463 e. The number of hydrogen-bond donors (Lipinski definition) is 1. The second-order valence-electron chi connectivity index (χ2n) is 10.8. The number of esters is 1. The van der Waals surface area contributed by atoms with Crippen LogP contribution in [-0.4, -0.2) is 78.0 Å². The maximum absolute atomic E-state index is 13.8. The van der Waals surface area contributed by atoms with Gasteiger partial charge in [0.15, 0.2) is 0 Å². The highest BCUT2D eigenvalue weighted by molar-refractivity contribution is 5.95. The molecule has 0 unspecified atom stereocenters. The minimum atomic E-state index is -0.757. The molecule has 1 saturated heterocycles. The van der Waals surface area contributed by atoms with Crippen molar-refractivity contribution >= 4 is 17.9 Å². The first-order valence-electron chi connectivity index (χ1n) is 14.9. The van der Waals surface area contributed by atoms with Crippen LogP contribution in [0.5, 0.6) is 11.5 Å². The number of amides is 3. The van der Waals surface area contributed by atoms with Crippen LogP contribution in [0.3, 0.4) is 0 Å². The van der Waals surface area contributed by atoms with Gasteiger partial charge in [0.1, 0.15) is 17.3 Å². The summed E-state index contributed by atoms with van der Waals surface area (Å²) < 4.78 is 25.3. The zero-order valence-electron chi connectivity index (χ0n) is 25.2. The molecule has 0 aromatic heterocycles. The summed E-state index contributed by atoms with van der Waals surface area (Å²) in [5.74, 6) is 0.0443. The molecule has 230 valence electrons. The Morgan fingerprint density at radius 2 is 1.70 bits per heavy atom. The van der Waals surface area contributed by atoms with Crippen LogP contribution < -0.4 is 10.1 Å². The summed E-state index contributed by atoms with van der Waals surface area (Å²) in [6.07, 6.45) is 0. The molecule has 3 aromatic carbocycles. The van der Waals surface area contributed by atoms with Crippen molar-refractivity contribution < 1.29 is 28.2 Å². The van der Waals surface area contributed by atoms with Gasteiger partial charge in [-0.2, -0.15) is 0 Å². The third kappa shape index (κ3) is 6.75. The van der Waals surface area contributed by atoms with E-state index in [1.54, 1.807) is 22.8 Å². The molecule has 0 aliphatic carbocycles. The maximum Gasteiger partial charge on any atom is 0.338 e. The predicted octanol–water partition coefficient (Wildman–Crippen LogP) is 5.37. The molecule has 0 radical (unpaired) electrons. The normalized spacial score (nSPS) is 19.0. The number of ether oxygens (including phenoxy) is 2. The van der Waals surface area contributed by atoms with Crippen LogP contribution in [0.15, 0.2) is 90.1 Å². The molecule has 2 aliphatic heterocycles. The molecule has 2 heterocycles. The van der Waals surface area contributed by atoms with Gasteiger partial charge >= 0.3 is 12.0 Å². The molecule has 3 aromatic rings. The fraction of sp³-hybridized carbons (Fsp3) is 0.324. The number of carbonyl (C=O) groups excluding carboxylic acids is 3. The molecule has 1 fully saturated rings. The zero-order chi connectivity index (χ0) is 31.2. The van der Waals surface area contributed by atoms with E-state index >= 15 is 0 Å². The van der Waals surface area contributed by atoms with Crippen molar-refractivity contribution in [2.24, 2.45) is 0 Å². The highest BCUT2D eigenvalue weighted by atomic mass is 19.1. The molecular weight excluding hydrogens is 563 g/mol. The van der Waals surface area contributed by atoms with Crippen molar-refractivity contribution in [1.29, 1.82) is 0 Å². The van der Waals surface area contributed by atoms with Gasteiger partial charge in [0, 0.05) is 50.0 Å². The zero-order valence-corrected chi connectivity index (χ0v) is 25.2. The number of nitrogens with one attached hydrogen (secondary N) is 1.